The topological polar surface area (TPSA) is 12.0 Å². The molecule has 0 aliphatic rings. The minimum absolute atomic E-state index is 0.674. The van der Waals surface area contributed by atoms with Crippen LogP contribution in [-0.2, 0) is 6.54 Å². The molecule has 18 heavy (non-hydrogen) atoms. The highest BCUT2D eigenvalue weighted by Crippen LogP contribution is 2.31. The summed E-state index contributed by atoms with van der Waals surface area (Å²) in [5.41, 5.74) is 2.08. The number of anilines is 1. The molecule has 0 bridgehead atoms. The Morgan fingerprint density at radius 3 is 2.28 bits per heavy atom. The molecule has 1 nitrogen and oxygen atoms in total. The predicted molar refractivity (Wildman–Crippen MR) is 88.3 cm³/mol. The molecule has 0 unspecified atom stereocenters. The molecule has 0 saturated carbocycles. The molecule has 0 aliphatic carbocycles. The Kier molecular flexibility index (Phi) is 5.13. The van der Waals surface area contributed by atoms with Crippen molar-refractivity contribution in [3.8, 4) is 0 Å². The molecule has 0 aliphatic heterocycles. The van der Waals surface area contributed by atoms with Crippen molar-refractivity contribution in [2.45, 2.75) is 6.54 Å². The lowest BCUT2D eigenvalue weighted by atomic mass is 10.2. The van der Waals surface area contributed by atoms with Gasteiger partial charge in [-0.25, -0.2) is 0 Å². The van der Waals surface area contributed by atoms with E-state index in [2.05, 4.69) is 53.1 Å². The quantitative estimate of drug-likeness (QED) is 0.579. The van der Waals surface area contributed by atoms with Crippen LogP contribution in [0.4, 0.5) is 5.69 Å². The van der Waals surface area contributed by atoms with E-state index in [0.29, 0.717) is 6.54 Å². The Hall–Kier alpha value is -0.0300. The van der Waals surface area contributed by atoms with E-state index in [1.54, 1.807) is 0 Å². The first-order valence-electron chi connectivity index (χ1n) is 5.20. The number of nitrogens with one attached hydrogen (secondary N) is 1. The molecule has 2 aromatic carbocycles. The lowest BCUT2D eigenvalue weighted by molar-refractivity contribution is 1.14. The fraction of sp³-hybridized carbons (Fsp3) is 0.0769. The number of para-hydroxylation sites is 1. The van der Waals surface area contributed by atoms with Crippen molar-refractivity contribution in [1.82, 2.24) is 0 Å². The maximum Gasteiger partial charge on any atom is 0.0631 e. The van der Waals surface area contributed by atoms with Crippen molar-refractivity contribution in [3.63, 3.8) is 0 Å². The Morgan fingerprint density at radius 2 is 1.67 bits per heavy atom. The van der Waals surface area contributed by atoms with Crippen LogP contribution in [0.5, 0.6) is 0 Å². The molecule has 0 aromatic heterocycles. The summed E-state index contributed by atoms with van der Waals surface area (Å²) in [6, 6.07) is 11.9. The molecule has 5 heteroatoms. The Labute approximate surface area is 136 Å². The van der Waals surface area contributed by atoms with E-state index in [4.69, 9.17) is 11.6 Å². The van der Waals surface area contributed by atoms with Gasteiger partial charge in [0.2, 0.25) is 0 Å². The first-order chi connectivity index (χ1) is 8.58. The second-order valence-electron chi connectivity index (χ2n) is 3.69. The third kappa shape index (κ3) is 3.50. The van der Waals surface area contributed by atoms with Gasteiger partial charge in [0.15, 0.2) is 0 Å². The smallest absolute Gasteiger partial charge is 0.0631 e. The lowest BCUT2D eigenvalue weighted by Gasteiger charge is -2.11. The summed E-state index contributed by atoms with van der Waals surface area (Å²) in [6.07, 6.45) is 0. The SMILES string of the molecule is Clc1cc(Br)ccc1CNc1c(Br)cccc1Br. The molecule has 0 fully saturated rings. The van der Waals surface area contributed by atoms with Crippen molar-refractivity contribution in [3.05, 3.63) is 60.4 Å². The molecule has 2 aromatic rings. The van der Waals surface area contributed by atoms with E-state index >= 15 is 0 Å². The van der Waals surface area contributed by atoms with Crippen molar-refractivity contribution >= 4 is 65.1 Å². The first-order valence-corrected chi connectivity index (χ1v) is 7.95. The van der Waals surface area contributed by atoms with Crippen LogP contribution in [0.15, 0.2) is 49.8 Å². The fourth-order valence-electron chi connectivity index (χ4n) is 1.52. The first kappa shape index (κ1) is 14.4. The molecule has 0 spiro atoms. The Morgan fingerprint density at radius 1 is 1.00 bits per heavy atom. The highest BCUT2D eigenvalue weighted by atomic mass is 79.9. The van der Waals surface area contributed by atoms with Crippen LogP contribution in [0.1, 0.15) is 5.56 Å². The summed E-state index contributed by atoms with van der Waals surface area (Å²) in [6.45, 7) is 0.674. The van der Waals surface area contributed by atoms with Gasteiger partial charge in [0.05, 0.1) is 5.69 Å². The number of rotatable bonds is 3. The van der Waals surface area contributed by atoms with Gasteiger partial charge < -0.3 is 5.32 Å². The van der Waals surface area contributed by atoms with Gasteiger partial charge in [0.25, 0.3) is 0 Å². The summed E-state index contributed by atoms with van der Waals surface area (Å²) in [5, 5.41) is 4.11. The molecule has 1 N–H and O–H groups in total. The van der Waals surface area contributed by atoms with Crippen LogP contribution in [0.2, 0.25) is 5.02 Å². The Bertz CT molecular complexity index is 552. The fourth-order valence-corrected chi connectivity index (χ4v) is 3.53. The molecular weight excluding hydrogens is 445 g/mol. The monoisotopic (exact) mass is 451 g/mol. The molecule has 0 heterocycles. The number of hydrogen-bond donors (Lipinski definition) is 1. The summed E-state index contributed by atoms with van der Waals surface area (Å²) in [4.78, 5) is 0. The zero-order valence-electron chi connectivity index (χ0n) is 9.18. The normalized spacial score (nSPS) is 10.4. The van der Waals surface area contributed by atoms with E-state index < -0.39 is 0 Å². The summed E-state index contributed by atoms with van der Waals surface area (Å²) in [7, 11) is 0. The van der Waals surface area contributed by atoms with Gasteiger partial charge in [0, 0.05) is 25.0 Å². The van der Waals surface area contributed by atoms with E-state index in [1.807, 2.05) is 36.4 Å². The van der Waals surface area contributed by atoms with Gasteiger partial charge in [-0.3, -0.25) is 0 Å². The highest BCUT2D eigenvalue weighted by molar-refractivity contribution is 9.11. The molecule has 0 radical (unpaired) electrons. The summed E-state index contributed by atoms with van der Waals surface area (Å²) < 4.78 is 3.02. The number of hydrogen-bond acceptors (Lipinski definition) is 1. The van der Waals surface area contributed by atoms with Crippen LogP contribution in [0.25, 0.3) is 0 Å². The minimum Gasteiger partial charge on any atom is -0.379 e. The third-order valence-corrected chi connectivity index (χ3v) is 4.60. The van der Waals surface area contributed by atoms with Crippen molar-refractivity contribution in [1.29, 1.82) is 0 Å². The summed E-state index contributed by atoms with van der Waals surface area (Å²) >= 11 is 16.6. The molecule has 0 amide bonds. The molecule has 0 saturated heterocycles. The number of halogens is 4. The Balaban J connectivity index is 2.16. The average Bonchev–Trinajstić information content (AvgIpc) is 2.31. The largest absolute Gasteiger partial charge is 0.379 e. The van der Waals surface area contributed by atoms with Gasteiger partial charge in [-0.05, 0) is 61.7 Å². The van der Waals surface area contributed by atoms with Crippen molar-refractivity contribution in [2.24, 2.45) is 0 Å². The molecule has 94 valence electrons. The lowest BCUT2D eigenvalue weighted by Crippen LogP contribution is -2.01. The zero-order chi connectivity index (χ0) is 13.1. The number of benzene rings is 2. The molecular formula is C13H9Br3ClN. The maximum absolute atomic E-state index is 6.18. The van der Waals surface area contributed by atoms with E-state index in [9.17, 15) is 0 Å². The van der Waals surface area contributed by atoms with Gasteiger partial charge in [-0.1, -0.05) is 39.7 Å². The van der Waals surface area contributed by atoms with E-state index in [0.717, 1.165) is 29.7 Å². The highest BCUT2D eigenvalue weighted by Gasteiger charge is 2.06. The second kappa shape index (κ2) is 6.42. The standard InChI is InChI=1S/C13H9Br3ClN/c14-9-5-4-8(12(17)6-9)7-18-13-10(15)2-1-3-11(13)16/h1-6,18H,7H2. The van der Waals surface area contributed by atoms with Gasteiger partial charge in [-0.15, -0.1) is 0 Å². The minimum atomic E-state index is 0.674. The van der Waals surface area contributed by atoms with Crippen LogP contribution in [0.3, 0.4) is 0 Å². The second-order valence-corrected chi connectivity index (χ2v) is 6.72. The van der Waals surface area contributed by atoms with Crippen molar-refractivity contribution in [2.75, 3.05) is 5.32 Å². The van der Waals surface area contributed by atoms with Gasteiger partial charge in [-0.2, -0.15) is 0 Å². The van der Waals surface area contributed by atoms with Crippen LogP contribution in [-0.4, -0.2) is 0 Å². The van der Waals surface area contributed by atoms with Crippen LogP contribution < -0.4 is 5.32 Å². The van der Waals surface area contributed by atoms with E-state index in [-0.39, 0.29) is 0 Å². The molecule has 0 atom stereocenters. The van der Waals surface area contributed by atoms with Crippen molar-refractivity contribution < 1.29 is 0 Å². The van der Waals surface area contributed by atoms with E-state index in [1.165, 1.54) is 0 Å². The predicted octanol–water partition coefficient (Wildman–Crippen LogP) is 6.24. The van der Waals surface area contributed by atoms with Crippen LogP contribution in [0, 0.1) is 0 Å². The molecule has 2 rings (SSSR count). The maximum atomic E-state index is 6.18. The van der Waals surface area contributed by atoms with Crippen LogP contribution >= 0.6 is 59.4 Å². The summed E-state index contributed by atoms with van der Waals surface area (Å²) in [5.74, 6) is 0. The van der Waals surface area contributed by atoms with Gasteiger partial charge in [0.1, 0.15) is 0 Å². The van der Waals surface area contributed by atoms with Gasteiger partial charge >= 0.3 is 0 Å². The average molecular weight is 454 g/mol. The third-order valence-electron chi connectivity index (χ3n) is 2.43. The zero-order valence-corrected chi connectivity index (χ0v) is 14.7.